The molecule has 0 bridgehead atoms. The molecule has 1 N–H and O–H groups in total. The minimum absolute atomic E-state index is 0.342. The largest absolute Gasteiger partial charge is 0.490 e. The van der Waals surface area contributed by atoms with Gasteiger partial charge in [-0.15, -0.1) is 0 Å². The molecule has 0 saturated carbocycles. The SMILES string of the molecule is CCOc1cc(/C=N\Nc2nc(-c3ccco3)c(-c3ccco3)s2)ccc1OCc1ccccc1Cl. The van der Waals surface area contributed by atoms with E-state index in [1.54, 1.807) is 18.7 Å². The van der Waals surface area contributed by atoms with Gasteiger partial charge in [0.25, 0.3) is 0 Å². The van der Waals surface area contributed by atoms with Crippen LogP contribution in [0.1, 0.15) is 18.1 Å². The molecule has 9 heteroatoms. The van der Waals surface area contributed by atoms with E-state index in [1.807, 2.05) is 73.7 Å². The highest BCUT2D eigenvalue weighted by molar-refractivity contribution is 7.19. The van der Waals surface area contributed by atoms with E-state index in [0.717, 1.165) is 16.0 Å². The van der Waals surface area contributed by atoms with Crippen LogP contribution >= 0.6 is 22.9 Å². The number of thiazole rings is 1. The monoisotopic (exact) mass is 519 g/mol. The van der Waals surface area contributed by atoms with Crippen LogP contribution in [0, 0.1) is 0 Å². The lowest BCUT2D eigenvalue weighted by Crippen LogP contribution is -2.01. The van der Waals surface area contributed by atoms with Gasteiger partial charge in [-0.3, -0.25) is 5.43 Å². The number of hydrazone groups is 1. The summed E-state index contributed by atoms with van der Waals surface area (Å²) in [6.07, 6.45) is 4.94. The van der Waals surface area contributed by atoms with Gasteiger partial charge in [-0.2, -0.15) is 5.10 Å². The molecule has 36 heavy (non-hydrogen) atoms. The molecule has 5 aromatic rings. The molecule has 0 radical (unpaired) electrons. The molecule has 0 aliphatic heterocycles. The van der Waals surface area contributed by atoms with E-state index in [9.17, 15) is 0 Å². The lowest BCUT2D eigenvalue weighted by atomic mass is 10.2. The Morgan fingerprint density at radius 1 is 0.972 bits per heavy atom. The number of hydrogen-bond donors (Lipinski definition) is 1. The summed E-state index contributed by atoms with van der Waals surface area (Å²) in [6.45, 7) is 2.77. The van der Waals surface area contributed by atoms with E-state index >= 15 is 0 Å². The molecule has 182 valence electrons. The summed E-state index contributed by atoms with van der Waals surface area (Å²) < 4.78 is 22.9. The second kappa shape index (κ2) is 11.2. The van der Waals surface area contributed by atoms with Crippen molar-refractivity contribution < 1.29 is 18.3 Å². The first-order chi connectivity index (χ1) is 17.7. The summed E-state index contributed by atoms with van der Waals surface area (Å²) in [5, 5.41) is 5.63. The molecular formula is C27H22ClN3O4S. The Morgan fingerprint density at radius 3 is 2.53 bits per heavy atom. The standard InChI is InChI=1S/C27H22ClN3O4S/c1-2-32-24-15-18(11-12-21(24)35-17-19-7-3-4-8-20(19)28)16-29-31-27-30-25(22-9-5-13-33-22)26(36-27)23-10-6-14-34-23/h3-16H,2,17H2,1H3,(H,30,31)/b29-16-. The summed E-state index contributed by atoms with van der Waals surface area (Å²) in [4.78, 5) is 5.50. The molecule has 0 spiro atoms. The Kier molecular flexibility index (Phi) is 7.35. The van der Waals surface area contributed by atoms with Gasteiger partial charge in [0, 0.05) is 10.6 Å². The second-order valence-corrected chi connectivity index (χ2v) is 8.95. The average molecular weight is 520 g/mol. The number of nitrogens with one attached hydrogen (secondary N) is 1. The van der Waals surface area contributed by atoms with Crippen molar-refractivity contribution in [3.05, 3.63) is 95.4 Å². The normalized spacial score (nSPS) is 11.2. The van der Waals surface area contributed by atoms with Crippen molar-refractivity contribution >= 4 is 34.3 Å². The molecule has 0 unspecified atom stereocenters. The maximum atomic E-state index is 6.24. The molecule has 0 fully saturated rings. The first-order valence-corrected chi connectivity index (χ1v) is 12.4. The number of benzene rings is 2. The highest BCUT2D eigenvalue weighted by Crippen LogP contribution is 2.39. The van der Waals surface area contributed by atoms with Gasteiger partial charge in [-0.25, -0.2) is 4.98 Å². The van der Waals surface area contributed by atoms with E-state index in [4.69, 9.17) is 29.9 Å². The molecule has 5 rings (SSSR count). The van der Waals surface area contributed by atoms with Crippen molar-refractivity contribution in [1.29, 1.82) is 0 Å². The van der Waals surface area contributed by atoms with Crippen LogP contribution in [-0.2, 0) is 6.61 Å². The number of halogens is 1. The summed E-state index contributed by atoms with van der Waals surface area (Å²) in [7, 11) is 0. The molecule has 7 nitrogen and oxygen atoms in total. The van der Waals surface area contributed by atoms with Gasteiger partial charge in [0.05, 0.1) is 25.3 Å². The third kappa shape index (κ3) is 5.45. The number of aromatic nitrogens is 1. The van der Waals surface area contributed by atoms with Gasteiger partial charge in [-0.05, 0) is 61.0 Å². The Labute approximate surface area is 217 Å². The number of rotatable bonds is 10. The number of hydrogen-bond acceptors (Lipinski definition) is 8. The van der Waals surface area contributed by atoms with Gasteiger partial charge < -0.3 is 18.3 Å². The van der Waals surface area contributed by atoms with E-state index < -0.39 is 0 Å². The fraction of sp³-hybridized carbons (Fsp3) is 0.111. The maximum Gasteiger partial charge on any atom is 0.204 e. The molecule has 0 aliphatic rings. The van der Waals surface area contributed by atoms with Crippen molar-refractivity contribution in [3.8, 4) is 33.6 Å². The van der Waals surface area contributed by atoms with Crippen molar-refractivity contribution in [2.45, 2.75) is 13.5 Å². The summed E-state index contributed by atoms with van der Waals surface area (Å²) in [5.74, 6) is 2.63. The molecule has 3 heterocycles. The van der Waals surface area contributed by atoms with Gasteiger partial charge in [0.15, 0.2) is 17.3 Å². The van der Waals surface area contributed by atoms with E-state index in [1.165, 1.54) is 11.3 Å². The molecule has 3 aromatic heterocycles. The van der Waals surface area contributed by atoms with Crippen LogP contribution in [0.4, 0.5) is 5.13 Å². The second-order valence-electron chi connectivity index (χ2n) is 7.54. The van der Waals surface area contributed by atoms with Crippen LogP contribution in [-0.4, -0.2) is 17.8 Å². The number of anilines is 1. The summed E-state index contributed by atoms with van der Waals surface area (Å²) in [6, 6.07) is 20.6. The molecule has 0 aliphatic carbocycles. The molecule has 0 saturated heterocycles. The third-order valence-electron chi connectivity index (χ3n) is 5.11. The van der Waals surface area contributed by atoms with E-state index in [-0.39, 0.29) is 0 Å². The Morgan fingerprint density at radius 2 is 1.78 bits per heavy atom. The predicted octanol–water partition coefficient (Wildman–Crippen LogP) is 7.74. The smallest absolute Gasteiger partial charge is 0.204 e. The van der Waals surface area contributed by atoms with E-state index in [0.29, 0.717) is 52.1 Å². The predicted molar refractivity (Wildman–Crippen MR) is 142 cm³/mol. The zero-order valence-electron chi connectivity index (χ0n) is 19.3. The number of furan rings is 2. The van der Waals surface area contributed by atoms with Crippen molar-refractivity contribution in [2.75, 3.05) is 12.0 Å². The molecule has 0 amide bonds. The Balaban J connectivity index is 1.31. The van der Waals surface area contributed by atoms with Crippen LogP contribution in [0.25, 0.3) is 22.1 Å². The molecule has 0 atom stereocenters. The lowest BCUT2D eigenvalue weighted by Gasteiger charge is -2.13. The first kappa shape index (κ1) is 23.7. The van der Waals surface area contributed by atoms with Crippen molar-refractivity contribution in [2.24, 2.45) is 5.10 Å². The molecule has 2 aromatic carbocycles. The van der Waals surface area contributed by atoms with Gasteiger partial charge in [0.2, 0.25) is 5.13 Å². The van der Waals surface area contributed by atoms with Crippen LogP contribution in [0.3, 0.4) is 0 Å². The summed E-state index contributed by atoms with van der Waals surface area (Å²) in [5.41, 5.74) is 5.44. The van der Waals surface area contributed by atoms with Crippen LogP contribution in [0.15, 0.2) is 93.2 Å². The van der Waals surface area contributed by atoms with Crippen LogP contribution in [0.2, 0.25) is 5.02 Å². The molecular weight excluding hydrogens is 498 g/mol. The maximum absolute atomic E-state index is 6.24. The first-order valence-electron chi connectivity index (χ1n) is 11.2. The van der Waals surface area contributed by atoms with Crippen LogP contribution < -0.4 is 14.9 Å². The third-order valence-corrected chi connectivity index (χ3v) is 6.45. The topological polar surface area (TPSA) is 82.0 Å². The van der Waals surface area contributed by atoms with Crippen molar-refractivity contribution in [3.63, 3.8) is 0 Å². The fourth-order valence-corrected chi connectivity index (χ4v) is 4.53. The highest BCUT2D eigenvalue weighted by Gasteiger charge is 2.18. The van der Waals surface area contributed by atoms with E-state index in [2.05, 4.69) is 15.5 Å². The zero-order valence-corrected chi connectivity index (χ0v) is 20.9. The van der Waals surface area contributed by atoms with Crippen LogP contribution in [0.5, 0.6) is 11.5 Å². The van der Waals surface area contributed by atoms with Crippen molar-refractivity contribution in [1.82, 2.24) is 4.98 Å². The quantitative estimate of drug-likeness (QED) is 0.150. The highest BCUT2D eigenvalue weighted by atomic mass is 35.5. The van der Waals surface area contributed by atoms with Gasteiger partial charge in [0.1, 0.15) is 22.9 Å². The van der Waals surface area contributed by atoms with Gasteiger partial charge >= 0.3 is 0 Å². The van der Waals surface area contributed by atoms with Gasteiger partial charge in [-0.1, -0.05) is 41.1 Å². The lowest BCUT2D eigenvalue weighted by molar-refractivity contribution is 0.269. The number of nitrogens with zero attached hydrogens (tertiary/aromatic N) is 2. The zero-order chi connectivity index (χ0) is 24.7. The number of ether oxygens (including phenoxy) is 2. The minimum atomic E-state index is 0.342. The Bertz CT molecular complexity index is 1390. The summed E-state index contributed by atoms with van der Waals surface area (Å²) >= 11 is 7.67. The average Bonchev–Trinajstić information content (AvgIpc) is 3.66. The Hall–Kier alpha value is -4.01. The minimum Gasteiger partial charge on any atom is -0.490 e. The fourth-order valence-electron chi connectivity index (χ4n) is 3.45.